The van der Waals surface area contributed by atoms with E-state index >= 15 is 0 Å². The fourth-order valence-corrected chi connectivity index (χ4v) is 2.67. The van der Waals surface area contributed by atoms with Crippen molar-refractivity contribution >= 4 is 17.5 Å². The molecule has 0 aromatic heterocycles. The van der Waals surface area contributed by atoms with Gasteiger partial charge in [0.15, 0.2) is 0 Å². The lowest BCUT2D eigenvalue weighted by atomic mass is 9.82. The summed E-state index contributed by atoms with van der Waals surface area (Å²) in [4.78, 5) is 12.1. The summed E-state index contributed by atoms with van der Waals surface area (Å²) in [6.07, 6.45) is 2.06. The summed E-state index contributed by atoms with van der Waals surface area (Å²) in [5, 5.41) is 6.90. The lowest BCUT2D eigenvalue weighted by Crippen LogP contribution is -2.49. The number of ether oxygens (including phenoxy) is 1. The molecular weight excluding hydrogens is 276 g/mol. The summed E-state index contributed by atoms with van der Waals surface area (Å²) in [6.45, 7) is 2.00. The van der Waals surface area contributed by atoms with Gasteiger partial charge in [-0.15, -0.1) is 0 Å². The molecule has 20 heavy (non-hydrogen) atoms. The van der Waals surface area contributed by atoms with Crippen molar-refractivity contribution in [2.24, 2.45) is 0 Å². The van der Waals surface area contributed by atoms with Crippen LogP contribution in [0.1, 0.15) is 24.8 Å². The Hall–Kier alpha value is -1.10. The Morgan fingerprint density at radius 1 is 1.30 bits per heavy atom. The number of benzene rings is 1. The highest BCUT2D eigenvalue weighted by atomic mass is 35.5. The quantitative estimate of drug-likeness (QED) is 0.874. The van der Waals surface area contributed by atoms with Gasteiger partial charge in [-0.05, 0) is 37.6 Å². The highest BCUT2D eigenvalue weighted by Gasteiger charge is 2.35. The van der Waals surface area contributed by atoms with Crippen LogP contribution in [0.5, 0.6) is 0 Å². The highest BCUT2D eigenvalue weighted by Crippen LogP contribution is 2.32. The van der Waals surface area contributed by atoms with Crippen LogP contribution < -0.4 is 10.6 Å². The van der Waals surface area contributed by atoms with E-state index in [1.54, 1.807) is 0 Å². The zero-order valence-electron chi connectivity index (χ0n) is 11.7. The number of amides is 1. The summed E-state index contributed by atoms with van der Waals surface area (Å²) in [5.41, 5.74) is 0.774. The predicted molar refractivity (Wildman–Crippen MR) is 79.9 cm³/mol. The van der Waals surface area contributed by atoms with Crippen LogP contribution in [0.15, 0.2) is 24.3 Å². The number of carbonyl (C=O) groups is 1. The zero-order chi connectivity index (χ0) is 14.4. The van der Waals surface area contributed by atoms with Crippen molar-refractivity contribution in [2.75, 3.05) is 26.8 Å². The monoisotopic (exact) mass is 296 g/mol. The molecule has 1 aliphatic rings. The van der Waals surface area contributed by atoms with E-state index in [1.807, 2.05) is 31.3 Å². The molecule has 2 rings (SSSR count). The first-order valence-electron chi connectivity index (χ1n) is 6.96. The summed E-state index contributed by atoms with van der Waals surface area (Å²) in [7, 11) is 1.84. The minimum atomic E-state index is -0.326. The third-order valence-corrected chi connectivity index (χ3v) is 3.98. The SMILES string of the molecule is CNCCC(=O)NC1(c2ccc(Cl)cc2)CCOCC1. The van der Waals surface area contributed by atoms with Crippen LogP contribution in [0.2, 0.25) is 5.02 Å². The molecule has 0 bridgehead atoms. The Morgan fingerprint density at radius 3 is 2.55 bits per heavy atom. The Morgan fingerprint density at radius 2 is 1.95 bits per heavy atom. The predicted octanol–water partition coefficient (Wildman–Crippen LogP) is 2.07. The molecule has 5 heteroatoms. The lowest BCUT2D eigenvalue weighted by Gasteiger charge is -2.38. The van der Waals surface area contributed by atoms with Crippen molar-refractivity contribution in [3.8, 4) is 0 Å². The van der Waals surface area contributed by atoms with Crippen LogP contribution in [0.4, 0.5) is 0 Å². The van der Waals surface area contributed by atoms with Crippen LogP contribution in [0.25, 0.3) is 0 Å². The molecule has 110 valence electrons. The first-order valence-corrected chi connectivity index (χ1v) is 7.33. The van der Waals surface area contributed by atoms with E-state index < -0.39 is 0 Å². The van der Waals surface area contributed by atoms with E-state index in [-0.39, 0.29) is 11.4 Å². The van der Waals surface area contributed by atoms with Crippen molar-refractivity contribution in [1.82, 2.24) is 10.6 Å². The maximum absolute atomic E-state index is 12.1. The average molecular weight is 297 g/mol. The second-order valence-corrected chi connectivity index (χ2v) is 5.54. The lowest BCUT2D eigenvalue weighted by molar-refractivity contribution is -0.124. The van der Waals surface area contributed by atoms with Gasteiger partial charge in [0.2, 0.25) is 5.91 Å². The van der Waals surface area contributed by atoms with Crippen molar-refractivity contribution < 1.29 is 9.53 Å². The zero-order valence-corrected chi connectivity index (χ0v) is 12.5. The van der Waals surface area contributed by atoms with E-state index in [4.69, 9.17) is 16.3 Å². The van der Waals surface area contributed by atoms with E-state index in [0.29, 0.717) is 31.2 Å². The Labute approximate surface area is 124 Å². The molecule has 1 heterocycles. The topological polar surface area (TPSA) is 50.4 Å². The Balaban J connectivity index is 2.16. The van der Waals surface area contributed by atoms with Crippen molar-refractivity contribution in [3.63, 3.8) is 0 Å². The maximum atomic E-state index is 12.1. The summed E-state index contributed by atoms with van der Waals surface area (Å²) >= 11 is 5.95. The van der Waals surface area contributed by atoms with Gasteiger partial charge in [-0.2, -0.15) is 0 Å². The van der Waals surface area contributed by atoms with Gasteiger partial charge in [0.05, 0.1) is 5.54 Å². The molecule has 1 aliphatic heterocycles. The molecule has 1 aromatic carbocycles. The third kappa shape index (κ3) is 3.72. The summed E-state index contributed by atoms with van der Waals surface area (Å²) in [6, 6.07) is 7.72. The van der Waals surface area contributed by atoms with Gasteiger partial charge in [0, 0.05) is 31.2 Å². The molecule has 0 unspecified atom stereocenters. The molecule has 1 fully saturated rings. The number of rotatable bonds is 5. The number of carbonyl (C=O) groups excluding carboxylic acids is 1. The fraction of sp³-hybridized carbons (Fsp3) is 0.533. The normalized spacial score (nSPS) is 17.7. The molecule has 0 aliphatic carbocycles. The van der Waals surface area contributed by atoms with Gasteiger partial charge in [0.25, 0.3) is 0 Å². The van der Waals surface area contributed by atoms with Crippen LogP contribution in [-0.2, 0) is 15.1 Å². The van der Waals surface area contributed by atoms with Gasteiger partial charge in [-0.1, -0.05) is 23.7 Å². The second kappa shape index (κ2) is 7.07. The maximum Gasteiger partial charge on any atom is 0.221 e. The molecule has 1 amide bonds. The van der Waals surface area contributed by atoms with Gasteiger partial charge in [-0.25, -0.2) is 0 Å². The van der Waals surface area contributed by atoms with Crippen molar-refractivity contribution in [2.45, 2.75) is 24.8 Å². The molecule has 2 N–H and O–H groups in total. The molecular formula is C15H21ClN2O2. The van der Waals surface area contributed by atoms with Gasteiger partial charge in [-0.3, -0.25) is 4.79 Å². The van der Waals surface area contributed by atoms with Crippen LogP contribution in [0.3, 0.4) is 0 Å². The van der Waals surface area contributed by atoms with Crippen molar-refractivity contribution in [1.29, 1.82) is 0 Å². The molecule has 0 saturated carbocycles. The first-order chi connectivity index (χ1) is 9.66. The second-order valence-electron chi connectivity index (χ2n) is 5.10. The van der Waals surface area contributed by atoms with E-state index in [2.05, 4.69) is 10.6 Å². The largest absolute Gasteiger partial charge is 0.381 e. The number of nitrogens with one attached hydrogen (secondary N) is 2. The minimum Gasteiger partial charge on any atom is -0.381 e. The first kappa shape index (κ1) is 15.3. The van der Waals surface area contributed by atoms with E-state index in [9.17, 15) is 4.79 Å². The van der Waals surface area contributed by atoms with Crippen LogP contribution >= 0.6 is 11.6 Å². The van der Waals surface area contributed by atoms with Crippen LogP contribution in [-0.4, -0.2) is 32.7 Å². The minimum absolute atomic E-state index is 0.0659. The number of hydrogen-bond acceptors (Lipinski definition) is 3. The Kier molecular flexibility index (Phi) is 5.40. The van der Waals surface area contributed by atoms with Gasteiger partial charge >= 0.3 is 0 Å². The van der Waals surface area contributed by atoms with Crippen molar-refractivity contribution in [3.05, 3.63) is 34.9 Å². The van der Waals surface area contributed by atoms with E-state index in [1.165, 1.54) is 0 Å². The highest BCUT2D eigenvalue weighted by molar-refractivity contribution is 6.30. The summed E-state index contributed by atoms with van der Waals surface area (Å²) in [5.74, 6) is 0.0659. The van der Waals surface area contributed by atoms with E-state index in [0.717, 1.165) is 18.4 Å². The molecule has 0 atom stereocenters. The molecule has 4 nitrogen and oxygen atoms in total. The molecule has 0 spiro atoms. The van der Waals surface area contributed by atoms with Gasteiger partial charge in [0.1, 0.15) is 0 Å². The summed E-state index contributed by atoms with van der Waals surface area (Å²) < 4.78 is 5.44. The molecule has 0 radical (unpaired) electrons. The van der Waals surface area contributed by atoms with Crippen LogP contribution in [0, 0.1) is 0 Å². The fourth-order valence-electron chi connectivity index (χ4n) is 2.54. The third-order valence-electron chi connectivity index (χ3n) is 3.72. The smallest absolute Gasteiger partial charge is 0.221 e. The molecule has 1 saturated heterocycles. The Bertz CT molecular complexity index is 442. The number of hydrogen-bond donors (Lipinski definition) is 2. The number of halogens is 1. The standard InChI is InChI=1S/C15H21ClN2O2/c1-17-9-6-14(19)18-15(7-10-20-11-8-15)12-2-4-13(16)5-3-12/h2-5,17H,6-11H2,1H3,(H,18,19). The average Bonchev–Trinajstić information content (AvgIpc) is 2.46. The van der Waals surface area contributed by atoms with Gasteiger partial charge < -0.3 is 15.4 Å². The molecule has 1 aromatic rings.